The molecule has 1 aliphatic rings. The van der Waals surface area contributed by atoms with Gasteiger partial charge in [-0.15, -0.1) is 0 Å². The quantitative estimate of drug-likeness (QED) is 0.911. The number of rotatable bonds is 3. The van der Waals surface area contributed by atoms with Gasteiger partial charge in [0.05, 0.1) is 23.3 Å². The number of pyridine rings is 1. The summed E-state index contributed by atoms with van der Waals surface area (Å²) in [5.41, 5.74) is 1.04. The molecule has 0 saturated carbocycles. The van der Waals surface area contributed by atoms with E-state index in [-0.39, 0.29) is 11.9 Å². The standard InChI is InChI=1S/C13H12BrFN4O2/c1-21-6-7-4-17-13(20)12-10(14)11(18-19(7)12)8-2-3-16-5-9(8)15/h2-3,5,7H,4,6H2,1H3,(H,17,20)/t7-/m1/s1. The lowest BCUT2D eigenvalue weighted by Crippen LogP contribution is -2.41. The van der Waals surface area contributed by atoms with Crippen molar-refractivity contribution in [3.8, 4) is 11.3 Å². The van der Waals surface area contributed by atoms with Crippen LogP contribution in [0.4, 0.5) is 4.39 Å². The van der Waals surface area contributed by atoms with Crippen molar-refractivity contribution in [3.05, 3.63) is 34.4 Å². The summed E-state index contributed by atoms with van der Waals surface area (Å²) in [7, 11) is 1.58. The van der Waals surface area contributed by atoms with Gasteiger partial charge < -0.3 is 10.1 Å². The number of carbonyl (C=O) groups excluding carboxylic acids is 1. The van der Waals surface area contributed by atoms with Crippen LogP contribution in [0.2, 0.25) is 0 Å². The number of halogens is 2. The molecule has 0 radical (unpaired) electrons. The van der Waals surface area contributed by atoms with Gasteiger partial charge in [-0.1, -0.05) is 0 Å². The second kappa shape index (κ2) is 5.53. The van der Waals surface area contributed by atoms with E-state index in [0.717, 1.165) is 6.20 Å². The third-order valence-electron chi connectivity index (χ3n) is 3.30. The van der Waals surface area contributed by atoms with Crippen molar-refractivity contribution >= 4 is 21.8 Å². The predicted molar refractivity (Wildman–Crippen MR) is 76.4 cm³/mol. The molecule has 0 spiro atoms. The number of nitrogens with zero attached hydrogens (tertiary/aromatic N) is 3. The Hall–Kier alpha value is -1.80. The van der Waals surface area contributed by atoms with E-state index in [1.54, 1.807) is 11.8 Å². The van der Waals surface area contributed by atoms with Gasteiger partial charge in [-0.3, -0.25) is 14.5 Å². The molecule has 3 rings (SSSR count). The lowest BCUT2D eigenvalue weighted by atomic mass is 10.1. The Labute approximate surface area is 128 Å². The van der Waals surface area contributed by atoms with E-state index >= 15 is 0 Å². The van der Waals surface area contributed by atoms with Gasteiger partial charge in [0.2, 0.25) is 0 Å². The highest BCUT2D eigenvalue weighted by molar-refractivity contribution is 9.10. The fourth-order valence-corrected chi connectivity index (χ4v) is 2.98. The number of aromatic nitrogens is 3. The molecule has 0 aromatic carbocycles. The summed E-state index contributed by atoms with van der Waals surface area (Å²) in [5, 5.41) is 7.17. The molecule has 3 heterocycles. The van der Waals surface area contributed by atoms with Gasteiger partial charge in [-0.05, 0) is 22.0 Å². The highest BCUT2D eigenvalue weighted by Gasteiger charge is 2.31. The second-order valence-electron chi connectivity index (χ2n) is 4.63. The maximum absolute atomic E-state index is 13.9. The molecule has 0 fully saturated rings. The van der Waals surface area contributed by atoms with E-state index in [4.69, 9.17) is 4.74 Å². The molecule has 21 heavy (non-hydrogen) atoms. The van der Waals surface area contributed by atoms with Crippen molar-refractivity contribution in [2.45, 2.75) is 6.04 Å². The number of hydrogen-bond donors (Lipinski definition) is 1. The molecule has 2 aromatic heterocycles. The van der Waals surface area contributed by atoms with Gasteiger partial charge in [-0.25, -0.2) is 4.39 Å². The van der Waals surface area contributed by atoms with Crippen LogP contribution >= 0.6 is 15.9 Å². The molecular weight excluding hydrogens is 343 g/mol. The van der Waals surface area contributed by atoms with Gasteiger partial charge in [0, 0.05) is 25.4 Å². The first-order chi connectivity index (χ1) is 10.1. The third kappa shape index (κ3) is 2.34. The average molecular weight is 355 g/mol. The van der Waals surface area contributed by atoms with Crippen LogP contribution in [0.15, 0.2) is 22.9 Å². The second-order valence-corrected chi connectivity index (χ2v) is 5.42. The number of methoxy groups -OCH3 is 1. The summed E-state index contributed by atoms with van der Waals surface area (Å²) in [6.07, 6.45) is 2.60. The SMILES string of the molecule is COC[C@H]1CNC(=O)c2c(Br)c(-c3ccncc3F)nn21. The molecule has 1 atom stereocenters. The fourth-order valence-electron chi connectivity index (χ4n) is 2.32. The minimum absolute atomic E-state index is 0.127. The van der Waals surface area contributed by atoms with Crippen LogP contribution in [0.25, 0.3) is 11.3 Å². The highest BCUT2D eigenvalue weighted by atomic mass is 79.9. The Bertz CT molecular complexity index is 703. The predicted octanol–water partition coefficient (Wildman–Crippen LogP) is 1.78. The first-order valence-corrected chi connectivity index (χ1v) is 7.07. The molecule has 0 saturated heterocycles. The Balaban J connectivity index is 2.15. The van der Waals surface area contributed by atoms with Crippen LogP contribution in [-0.4, -0.2) is 40.9 Å². The molecule has 110 valence electrons. The van der Waals surface area contributed by atoms with E-state index < -0.39 is 5.82 Å². The topological polar surface area (TPSA) is 69.0 Å². The van der Waals surface area contributed by atoms with Gasteiger partial charge >= 0.3 is 0 Å². The Morgan fingerprint density at radius 2 is 2.43 bits per heavy atom. The Morgan fingerprint density at radius 1 is 1.62 bits per heavy atom. The van der Waals surface area contributed by atoms with Crippen molar-refractivity contribution in [2.24, 2.45) is 0 Å². The average Bonchev–Trinajstić information content (AvgIpc) is 2.81. The molecular formula is C13H12BrFN4O2. The van der Waals surface area contributed by atoms with E-state index in [9.17, 15) is 9.18 Å². The van der Waals surface area contributed by atoms with Gasteiger partial charge in [0.15, 0.2) is 5.82 Å². The first-order valence-electron chi connectivity index (χ1n) is 6.28. The number of fused-ring (bicyclic) bond motifs is 1. The van der Waals surface area contributed by atoms with Crippen LogP contribution in [0, 0.1) is 5.82 Å². The molecule has 8 heteroatoms. The van der Waals surface area contributed by atoms with E-state index in [0.29, 0.717) is 34.6 Å². The number of hydrogen-bond acceptors (Lipinski definition) is 4. The van der Waals surface area contributed by atoms with E-state index in [1.165, 1.54) is 12.3 Å². The maximum atomic E-state index is 13.9. The zero-order chi connectivity index (χ0) is 15.0. The number of carbonyl (C=O) groups is 1. The lowest BCUT2D eigenvalue weighted by molar-refractivity contribution is 0.0860. The maximum Gasteiger partial charge on any atom is 0.270 e. The van der Waals surface area contributed by atoms with Gasteiger partial charge in [0.25, 0.3) is 5.91 Å². The van der Waals surface area contributed by atoms with Crippen molar-refractivity contribution in [1.82, 2.24) is 20.1 Å². The summed E-state index contributed by atoms with van der Waals surface area (Å²) in [5.74, 6) is -0.736. The third-order valence-corrected chi connectivity index (χ3v) is 4.05. The van der Waals surface area contributed by atoms with Gasteiger partial charge in [-0.2, -0.15) is 5.10 Å². The normalized spacial score (nSPS) is 17.5. The van der Waals surface area contributed by atoms with Crippen LogP contribution in [0.5, 0.6) is 0 Å². The molecule has 0 bridgehead atoms. The number of nitrogens with one attached hydrogen (secondary N) is 1. The smallest absolute Gasteiger partial charge is 0.270 e. The number of ether oxygens (including phenoxy) is 1. The summed E-state index contributed by atoms with van der Waals surface area (Å²) in [6.45, 7) is 0.825. The van der Waals surface area contributed by atoms with Crippen molar-refractivity contribution in [3.63, 3.8) is 0 Å². The minimum Gasteiger partial charge on any atom is -0.382 e. The van der Waals surface area contributed by atoms with Gasteiger partial charge in [0.1, 0.15) is 11.4 Å². The Kier molecular flexibility index (Phi) is 3.73. The zero-order valence-corrected chi connectivity index (χ0v) is 12.7. The molecule has 1 aliphatic heterocycles. The first kappa shape index (κ1) is 14.2. The van der Waals surface area contributed by atoms with Crippen LogP contribution in [-0.2, 0) is 4.74 Å². The highest BCUT2D eigenvalue weighted by Crippen LogP contribution is 2.34. The van der Waals surface area contributed by atoms with Crippen LogP contribution in [0.1, 0.15) is 16.5 Å². The fraction of sp³-hybridized carbons (Fsp3) is 0.308. The molecule has 1 N–H and O–H groups in total. The van der Waals surface area contributed by atoms with Crippen molar-refractivity contribution in [1.29, 1.82) is 0 Å². The molecule has 6 nitrogen and oxygen atoms in total. The van der Waals surface area contributed by atoms with Crippen molar-refractivity contribution in [2.75, 3.05) is 20.3 Å². The molecule has 1 amide bonds. The van der Waals surface area contributed by atoms with Crippen LogP contribution < -0.4 is 5.32 Å². The van der Waals surface area contributed by atoms with Crippen LogP contribution in [0.3, 0.4) is 0 Å². The lowest BCUT2D eigenvalue weighted by Gasteiger charge is -2.24. The summed E-state index contributed by atoms with van der Waals surface area (Å²) >= 11 is 3.35. The molecule has 2 aromatic rings. The van der Waals surface area contributed by atoms with E-state index in [1.807, 2.05) is 0 Å². The molecule has 0 unspecified atom stereocenters. The van der Waals surface area contributed by atoms with Crippen molar-refractivity contribution < 1.29 is 13.9 Å². The number of amides is 1. The van der Waals surface area contributed by atoms with E-state index in [2.05, 4.69) is 31.3 Å². The monoisotopic (exact) mass is 354 g/mol. The summed E-state index contributed by atoms with van der Waals surface area (Å²) in [4.78, 5) is 15.8. The summed E-state index contributed by atoms with van der Waals surface area (Å²) in [6, 6.07) is 1.40. The minimum atomic E-state index is -0.489. The molecule has 0 aliphatic carbocycles. The zero-order valence-electron chi connectivity index (χ0n) is 11.1. The Morgan fingerprint density at radius 3 is 3.14 bits per heavy atom. The summed E-state index contributed by atoms with van der Waals surface area (Å²) < 4.78 is 21.1. The largest absolute Gasteiger partial charge is 0.382 e.